The molecule has 5 nitrogen and oxygen atoms in total. The molecule has 0 spiro atoms. The maximum atomic E-state index is 13.3. The molecule has 0 saturated heterocycles. The monoisotopic (exact) mass is 387 g/mol. The van der Waals surface area contributed by atoms with Gasteiger partial charge in [-0.25, -0.2) is 0 Å². The lowest BCUT2D eigenvalue weighted by Crippen LogP contribution is -2.31. The topological polar surface area (TPSA) is 55.8 Å². The molecule has 0 atom stereocenters. The van der Waals surface area contributed by atoms with E-state index >= 15 is 0 Å². The van der Waals surface area contributed by atoms with Gasteiger partial charge in [-0.2, -0.15) is 0 Å². The van der Waals surface area contributed by atoms with E-state index in [4.69, 9.17) is 9.47 Å². The van der Waals surface area contributed by atoms with Crippen molar-refractivity contribution >= 4 is 11.7 Å². The standard InChI is InChI=1S/C24H21NO4/c1-2-25(15-17-12-13-21-22(14-17)29-16-28-21)24(27)20-11-7-6-10-19(20)23(26)18-8-4-3-5-9-18/h3-14H,2,15-16H2,1H3. The summed E-state index contributed by atoms with van der Waals surface area (Å²) in [5, 5.41) is 0. The van der Waals surface area contributed by atoms with Gasteiger partial charge in [0.25, 0.3) is 5.91 Å². The first-order valence-corrected chi connectivity index (χ1v) is 9.54. The van der Waals surface area contributed by atoms with Crippen LogP contribution in [0.5, 0.6) is 11.5 Å². The molecule has 0 radical (unpaired) electrons. The number of hydrogen-bond acceptors (Lipinski definition) is 4. The first-order chi connectivity index (χ1) is 14.2. The fraction of sp³-hybridized carbons (Fsp3) is 0.167. The largest absolute Gasteiger partial charge is 0.454 e. The highest BCUT2D eigenvalue weighted by molar-refractivity contribution is 6.15. The molecule has 5 heteroatoms. The van der Waals surface area contributed by atoms with E-state index in [1.165, 1.54) is 0 Å². The van der Waals surface area contributed by atoms with Gasteiger partial charge in [0, 0.05) is 24.2 Å². The molecule has 0 unspecified atom stereocenters. The van der Waals surface area contributed by atoms with E-state index in [2.05, 4.69) is 0 Å². The second-order valence-electron chi connectivity index (χ2n) is 6.75. The van der Waals surface area contributed by atoms with Crippen LogP contribution in [0.2, 0.25) is 0 Å². The van der Waals surface area contributed by atoms with Crippen molar-refractivity contribution in [2.45, 2.75) is 13.5 Å². The summed E-state index contributed by atoms with van der Waals surface area (Å²) >= 11 is 0. The summed E-state index contributed by atoms with van der Waals surface area (Å²) in [6.07, 6.45) is 0. The zero-order valence-corrected chi connectivity index (χ0v) is 16.1. The Morgan fingerprint density at radius 2 is 1.55 bits per heavy atom. The normalized spacial score (nSPS) is 11.9. The lowest BCUT2D eigenvalue weighted by molar-refractivity contribution is 0.0748. The Labute approximate surface area is 169 Å². The molecule has 0 fully saturated rings. The average Bonchev–Trinajstić information content (AvgIpc) is 3.25. The minimum Gasteiger partial charge on any atom is -0.454 e. The van der Waals surface area contributed by atoms with E-state index in [-0.39, 0.29) is 18.5 Å². The molecule has 0 saturated carbocycles. The Hall–Kier alpha value is -3.60. The third kappa shape index (κ3) is 3.85. The Kier molecular flexibility index (Phi) is 5.29. The third-order valence-corrected chi connectivity index (χ3v) is 4.92. The summed E-state index contributed by atoms with van der Waals surface area (Å²) in [4.78, 5) is 28.0. The SMILES string of the molecule is CCN(Cc1ccc2c(c1)OCO2)C(=O)c1ccccc1C(=O)c1ccccc1. The fourth-order valence-electron chi connectivity index (χ4n) is 3.37. The predicted molar refractivity (Wildman–Crippen MR) is 109 cm³/mol. The molecule has 1 aliphatic rings. The minimum absolute atomic E-state index is 0.159. The molecule has 146 valence electrons. The van der Waals surface area contributed by atoms with E-state index < -0.39 is 0 Å². The van der Waals surface area contributed by atoms with Crippen molar-refractivity contribution in [3.8, 4) is 11.5 Å². The van der Waals surface area contributed by atoms with Crippen molar-refractivity contribution < 1.29 is 19.1 Å². The van der Waals surface area contributed by atoms with Crippen LogP contribution in [-0.2, 0) is 6.54 Å². The number of nitrogens with zero attached hydrogens (tertiary/aromatic N) is 1. The molecule has 0 aliphatic carbocycles. The maximum Gasteiger partial charge on any atom is 0.254 e. The van der Waals surface area contributed by atoms with Crippen LogP contribution in [0.3, 0.4) is 0 Å². The summed E-state index contributed by atoms with van der Waals surface area (Å²) < 4.78 is 10.8. The molecule has 4 rings (SSSR count). The Morgan fingerprint density at radius 3 is 2.31 bits per heavy atom. The molecule has 1 heterocycles. The van der Waals surface area contributed by atoms with Crippen LogP contribution in [-0.4, -0.2) is 29.9 Å². The molecule has 0 aromatic heterocycles. The van der Waals surface area contributed by atoms with Gasteiger partial charge in [-0.3, -0.25) is 9.59 Å². The Balaban J connectivity index is 1.60. The van der Waals surface area contributed by atoms with Crippen molar-refractivity contribution in [3.63, 3.8) is 0 Å². The van der Waals surface area contributed by atoms with E-state index in [0.717, 1.165) is 5.56 Å². The number of ketones is 1. The number of fused-ring (bicyclic) bond motifs is 1. The van der Waals surface area contributed by atoms with Gasteiger partial charge in [0.15, 0.2) is 17.3 Å². The summed E-state index contributed by atoms with van der Waals surface area (Å²) in [5.74, 6) is 1.06. The minimum atomic E-state index is -0.176. The molecule has 3 aromatic carbocycles. The zero-order valence-electron chi connectivity index (χ0n) is 16.1. The lowest BCUT2D eigenvalue weighted by atomic mass is 9.97. The van der Waals surface area contributed by atoms with Crippen LogP contribution < -0.4 is 9.47 Å². The van der Waals surface area contributed by atoms with Crippen molar-refractivity contribution in [2.24, 2.45) is 0 Å². The third-order valence-electron chi connectivity index (χ3n) is 4.92. The number of rotatable bonds is 6. The van der Waals surface area contributed by atoms with E-state index in [0.29, 0.717) is 41.3 Å². The second-order valence-corrected chi connectivity index (χ2v) is 6.75. The number of amides is 1. The van der Waals surface area contributed by atoms with Gasteiger partial charge in [0.2, 0.25) is 6.79 Å². The van der Waals surface area contributed by atoms with Gasteiger partial charge in [-0.1, -0.05) is 54.6 Å². The van der Waals surface area contributed by atoms with Gasteiger partial charge in [-0.05, 0) is 30.7 Å². The van der Waals surface area contributed by atoms with Crippen LogP contribution in [0.25, 0.3) is 0 Å². The molecule has 1 amide bonds. The highest BCUT2D eigenvalue weighted by Gasteiger charge is 2.22. The van der Waals surface area contributed by atoms with Crippen molar-refractivity contribution in [1.82, 2.24) is 4.90 Å². The first kappa shape index (κ1) is 18.7. The van der Waals surface area contributed by atoms with Gasteiger partial charge < -0.3 is 14.4 Å². The fourth-order valence-corrected chi connectivity index (χ4v) is 3.37. The molecule has 3 aromatic rings. The predicted octanol–water partition coefficient (Wildman–Crippen LogP) is 4.31. The quantitative estimate of drug-likeness (QED) is 0.592. The van der Waals surface area contributed by atoms with E-state index in [1.54, 1.807) is 41.3 Å². The molecule has 1 aliphatic heterocycles. The maximum absolute atomic E-state index is 13.3. The summed E-state index contributed by atoms with van der Waals surface area (Å²) in [6, 6.07) is 21.6. The van der Waals surface area contributed by atoms with Crippen LogP contribution in [0.4, 0.5) is 0 Å². The summed E-state index contributed by atoms with van der Waals surface area (Å²) in [5.41, 5.74) is 2.32. The van der Waals surface area contributed by atoms with E-state index in [9.17, 15) is 9.59 Å². The lowest BCUT2D eigenvalue weighted by Gasteiger charge is -2.22. The van der Waals surface area contributed by atoms with Gasteiger partial charge >= 0.3 is 0 Å². The Bertz CT molecular complexity index is 1050. The molecule has 0 N–H and O–H groups in total. The van der Waals surface area contributed by atoms with Crippen LogP contribution >= 0.6 is 0 Å². The summed E-state index contributed by atoms with van der Waals surface area (Å²) in [7, 11) is 0. The van der Waals surface area contributed by atoms with Gasteiger partial charge in [0.05, 0.1) is 5.56 Å². The average molecular weight is 387 g/mol. The van der Waals surface area contributed by atoms with Crippen LogP contribution in [0, 0.1) is 0 Å². The highest BCUT2D eigenvalue weighted by Crippen LogP contribution is 2.33. The number of ether oxygens (including phenoxy) is 2. The molecular weight excluding hydrogens is 366 g/mol. The van der Waals surface area contributed by atoms with Gasteiger partial charge in [0.1, 0.15) is 0 Å². The highest BCUT2D eigenvalue weighted by atomic mass is 16.7. The van der Waals surface area contributed by atoms with Crippen LogP contribution in [0.15, 0.2) is 72.8 Å². The number of carbonyl (C=O) groups is 2. The molecule has 0 bridgehead atoms. The summed E-state index contributed by atoms with van der Waals surface area (Å²) in [6.45, 7) is 3.07. The Morgan fingerprint density at radius 1 is 0.862 bits per heavy atom. The number of benzene rings is 3. The van der Waals surface area contributed by atoms with Crippen LogP contribution in [0.1, 0.15) is 38.8 Å². The van der Waals surface area contributed by atoms with Crippen molar-refractivity contribution in [1.29, 1.82) is 0 Å². The molecule has 29 heavy (non-hydrogen) atoms. The van der Waals surface area contributed by atoms with Gasteiger partial charge in [-0.15, -0.1) is 0 Å². The van der Waals surface area contributed by atoms with Crippen molar-refractivity contribution in [2.75, 3.05) is 13.3 Å². The second kappa shape index (κ2) is 8.19. The van der Waals surface area contributed by atoms with Crippen molar-refractivity contribution in [3.05, 3.63) is 95.1 Å². The number of carbonyl (C=O) groups excluding carboxylic acids is 2. The zero-order chi connectivity index (χ0) is 20.2. The van der Waals surface area contributed by atoms with E-state index in [1.807, 2.05) is 43.3 Å². The first-order valence-electron chi connectivity index (χ1n) is 9.54. The molecular formula is C24H21NO4. The number of hydrogen-bond donors (Lipinski definition) is 0. The smallest absolute Gasteiger partial charge is 0.254 e.